The highest BCUT2D eigenvalue weighted by molar-refractivity contribution is 5.96. The van der Waals surface area contributed by atoms with Crippen LogP contribution < -0.4 is 10.6 Å². The molecule has 5 heteroatoms. The van der Waals surface area contributed by atoms with Crippen molar-refractivity contribution in [2.75, 3.05) is 13.1 Å². The SMILES string of the molecule is CCC(C)(O)CNC(=O)CNC(=O)c1ccccc1. The Balaban J connectivity index is 2.33. The molecule has 19 heavy (non-hydrogen) atoms. The molecule has 1 aromatic carbocycles. The molecule has 0 aromatic heterocycles. The van der Waals surface area contributed by atoms with E-state index >= 15 is 0 Å². The zero-order valence-corrected chi connectivity index (χ0v) is 11.3. The van der Waals surface area contributed by atoms with Crippen molar-refractivity contribution in [1.82, 2.24) is 10.6 Å². The predicted molar refractivity (Wildman–Crippen MR) is 72.7 cm³/mol. The number of nitrogens with one attached hydrogen (secondary N) is 2. The first kappa shape index (κ1) is 15.2. The lowest BCUT2D eigenvalue weighted by molar-refractivity contribution is -0.121. The normalized spacial score (nSPS) is 13.4. The van der Waals surface area contributed by atoms with Crippen molar-refractivity contribution >= 4 is 11.8 Å². The van der Waals surface area contributed by atoms with E-state index in [1.165, 1.54) is 0 Å². The quantitative estimate of drug-likeness (QED) is 0.707. The molecule has 1 atom stereocenters. The number of amides is 2. The van der Waals surface area contributed by atoms with Crippen molar-refractivity contribution in [3.63, 3.8) is 0 Å². The van der Waals surface area contributed by atoms with Crippen molar-refractivity contribution in [3.8, 4) is 0 Å². The summed E-state index contributed by atoms with van der Waals surface area (Å²) in [5.74, 6) is -0.615. The summed E-state index contributed by atoms with van der Waals surface area (Å²) >= 11 is 0. The molecule has 0 aliphatic rings. The van der Waals surface area contributed by atoms with E-state index in [1.54, 1.807) is 31.2 Å². The molecule has 1 rings (SSSR count). The summed E-state index contributed by atoms with van der Waals surface area (Å²) in [6.45, 7) is 3.55. The van der Waals surface area contributed by atoms with Crippen molar-refractivity contribution in [2.24, 2.45) is 0 Å². The number of rotatable bonds is 6. The summed E-state index contributed by atoms with van der Waals surface area (Å²) in [6, 6.07) is 8.68. The Labute approximate surface area is 113 Å². The Morgan fingerprint density at radius 1 is 1.21 bits per heavy atom. The molecule has 5 nitrogen and oxygen atoms in total. The summed E-state index contributed by atoms with van der Waals surface area (Å²) in [5.41, 5.74) is -0.408. The fourth-order valence-electron chi connectivity index (χ4n) is 1.33. The maximum absolute atomic E-state index is 11.7. The van der Waals surface area contributed by atoms with Crippen LogP contribution in [-0.2, 0) is 4.79 Å². The zero-order chi connectivity index (χ0) is 14.3. The molecule has 3 N–H and O–H groups in total. The summed E-state index contributed by atoms with van der Waals surface area (Å²) in [4.78, 5) is 23.2. The fraction of sp³-hybridized carbons (Fsp3) is 0.429. The Kier molecular flexibility index (Phi) is 5.51. The van der Waals surface area contributed by atoms with Crippen LogP contribution in [0.5, 0.6) is 0 Å². The molecule has 0 bridgehead atoms. The fourth-order valence-corrected chi connectivity index (χ4v) is 1.33. The third-order valence-electron chi connectivity index (χ3n) is 2.87. The van der Waals surface area contributed by atoms with Crippen LogP contribution in [0.4, 0.5) is 0 Å². The van der Waals surface area contributed by atoms with E-state index in [2.05, 4.69) is 10.6 Å². The van der Waals surface area contributed by atoms with Gasteiger partial charge in [-0.2, -0.15) is 0 Å². The maximum Gasteiger partial charge on any atom is 0.251 e. The second kappa shape index (κ2) is 6.89. The molecule has 1 aromatic rings. The van der Waals surface area contributed by atoms with Crippen molar-refractivity contribution in [2.45, 2.75) is 25.9 Å². The van der Waals surface area contributed by atoms with E-state index < -0.39 is 5.60 Å². The average molecular weight is 264 g/mol. The smallest absolute Gasteiger partial charge is 0.251 e. The number of aliphatic hydroxyl groups is 1. The molecule has 0 saturated carbocycles. The molecule has 0 aliphatic heterocycles. The molecule has 0 spiro atoms. The average Bonchev–Trinajstić information content (AvgIpc) is 2.43. The first-order chi connectivity index (χ1) is 8.94. The van der Waals surface area contributed by atoms with E-state index in [-0.39, 0.29) is 24.9 Å². The van der Waals surface area contributed by atoms with Crippen LogP contribution in [0.15, 0.2) is 30.3 Å². The monoisotopic (exact) mass is 264 g/mol. The number of hydrogen-bond acceptors (Lipinski definition) is 3. The highest BCUT2D eigenvalue weighted by atomic mass is 16.3. The van der Waals surface area contributed by atoms with Gasteiger partial charge in [0.05, 0.1) is 12.1 Å². The molecule has 0 radical (unpaired) electrons. The Bertz CT molecular complexity index is 430. The van der Waals surface area contributed by atoms with Gasteiger partial charge < -0.3 is 15.7 Å². The van der Waals surface area contributed by atoms with E-state index in [0.717, 1.165) is 0 Å². The minimum Gasteiger partial charge on any atom is -0.388 e. The van der Waals surface area contributed by atoms with Gasteiger partial charge in [-0.25, -0.2) is 0 Å². The molecule has 1 unspecified atom stereocenters. The largest absolute Gasteiger partial charge is 0.388 e. The summed E-state index contributed by atoms with van der Waals surface area (Å²) in [7, 11) is 0. The van der Waals surface area contributed by atoms with Crippen LogP contribution >= 0.6 is 0 Å². The second-order valence-corrected chi connectivity index (χ2v) is 4.68. The van der Waals surface area contributed by atoms with Crippen LogP contribution in [0.3, 0.4) is 0 Å². The summed E-state index contributed by atoms with van der Waals surface area (Å²) in [6.07, 6.45) is 0.545. The Morgan fingerprint density at radius 3 is 2.42 bits per heavy atom. The van der Waals surface area contributed by atoms with Crippen molar-refractivity contribution in [3.05, 3.63) is 35.9 Å². The van der Waals surface area contributed by atoms with E-state index in [4.69, 9.17) is 0 Å². The lowest BCUT2D eigenvalue weighted by atomic mass is 10.0. The van der Waals surface area contributed by atoms with Gasteiger partial charge in [0.2, 0.25) is 5.91 Å². The molecular weight excluding hydrogens is 244 g/mol. The van der Waals surface area contributed by atoms with Crippen LogP contribution in [0.25, 0.3) is 0 Å². The van der Waals surface area contributed by atoms with Gasteiger partial charge >= 0.3 is 0 Å². The lowest BCUT2D eigenvalue weighted by Crippen LogP contribution is -2.44. The van der Waals surface area contributed by atoms with Crippen LogP contribution in [0.2, 0.25) is 0 Å². The Morgan fingerprint density at radius 2 is 1.84 bits per heavy atom. The van der Waals surface area contributed by atoms with Crippen LogP contribution in [0.1, 0.15) is 30.6 Å². The highest BCUT2D eigenvalue weighted by Crippen LogP contribution is 2.05. The number of benzene rings is 1. The van der Waals surface area contributed by atoms with Gasteiger partial charge in [-0.05, 0) is 25.5 Å². The topological polar surface area (TPSA) is 78.4 Å². The third-order valence-corrected chi connectivity index (χ3v) is 2.87. The van der Waals surface area contributed by atoms with Gasteiger partial charge in [-0.1, -0.05) is 25.1 Å². The van der Waals surface area contributed by atoms with Gasteiger partial charge in [0.1, 0.15) is 0 Å². The number of hydrogen-bond donors (Lipinski definition) is 3. The van der Waals surface area contributed by atoms with Gasteiger partial charge in [0.25, 0.3) is 5.91 Å². The van der Waals surface area contributed by atoms with Gasteiger partial charge in [-0.15, -0.1) is 0 Å². The minimum atomic E-state index is -0.918. The lowest BCUT2D eigenvalue weighted by Gasteiger charge is -2.21. The van der Waals surface area contributed by atoms with Crippen molar-refractivity contribution in [1.29, 1.82) is 0 Å². The first-order valence-electron chi connectivity index (χ1n) is 6.27. The van der Waals surface area contributed by atoms with Crippen LogP contribution in [0, 0.1) is 0 Å². The molecular formula is C14H20N2O3. The number of carbonyl (C=O) groups excluding carboxylic acids is 2. The summed E-state index contributed by atoms with van der Waals surface area (Å²) < 4.78 is 0. The van der Waals surface area contributed by atoms with E-state index in [0.29, 0.717) is 12.0 Å². The third kappa shape index (κ3) is 5.52. The van der Waals surface area contributed by atoms with E-state index in [1.807, 2.05) is 13.0 Å². The zero-order valence-electron chi connectivity index (χ0n) is 11.3. The maximum atomic E-state index is 11.7. The molecule has 2 amide bonds. The predicted octanol–water partition coefficient (Wildman–Crippen LogP) is 0.694. The van der Waals surface area contributed by atoms with Gasteiger partial charge in [0.15, 0.2) is 0 Å². The second-order valence-electron chi connectivity index (χ2n) is 4.68. The van der Waals surface area contributed by atoms with E-state index in [9.17, 15) is 14.7 Å². The molecule has 0 fully saturated rings. The first-order valence-corrected chi connectivity index (χ1v) is 6.27. The van der Waals surface area contributed by atoms with Crippen LogP contribution in [-0.4, -0.2) is 35.6 Å². The Hall–Kier alpha value is -1.88. The standard InChI is InChI=1S/C14H20N2O3/c1-3-14(2,19)10-16-12(17)9-15-13(18)11-7-5-4-6-8-11/h4-8,19H,3,9-10H2,1-2H3,(H,15,18)(H,16,17). The van der Waals surface area contributed by atoms with Gasteiger partial charge in [0, 0.05) is 12.1 Å². The number of carbonyl (C=O) groups is 2. The van der Waals surface area contributed by atoms with Crippen molar-refractivity contribution < 1.29 is 14.7 Å². The highest BCUT2D eigenvalue weighted by Gasteiger charge is 2.18. The minimum absolute atomic E-state index is 0.104. The molecule has 0 aliphatic carbocycles. The molecule has 0 heterocycles. The summed E-state index contributed by atoms with van der Waals surface area (Å²) in [5, 5.41) is 14.8. The van der Waals surface area contributed by atoms with Gasteiger partial charge in [-0.3, -0.25) is 9.59 Å². The molecule has 0 saturated heterocycles. The molecule has 104 valence electrons.